The van der Waals surface area contributed by atoms with Crippen LogP contribution in [0.1, 0.15) is 5.56 Å². The molecular formula is C23H23ClN2O. The smallest absolute Gasteiger partial charge is 0.131 e. The van der Waals surface area contributed by atoms with Crippen LogP contribution in [-0.4, -0.2) is 31.8 Å². The van der Waals surface area contributed by atoms with Crippen molar-refractivity contribution in [1.82, 2.24) is 10.4 Å². The second-order valence-corrected chi connectivity index (χ2v) is 7.37. The fourth-order valence-corrected chi connectivity index (χ4v) is 3.79. The Morgan fingerprint density at radius 1 is 1.00 bits per heavy atom. The summed E-state index contributed by atoms with van der Waals surface area (Å²) in [5.41, 5.74) is 8.99. The first-order valence-electron chi connectivity index (χ1n) is 9.17. The van der Waals surface area contributed by atoms with Crippen LogP contribution in [0.5, 0.6) is 5.75 Å². The fourth-order valence-electron chi connectivity index (χ4n) is 3.60. The molecule has 0 aliphatic carbocycles. The molecule has 1 N–H and O–H groups in total. The van der Waals surface area contributed by atoms with Gasteiger partial charge in [-0.05, 0) is 53.6 Å². The van der Waals surface area contributed by atoms with Crippen LogP contribution in [0.4, 0.5) is 0 Å². The van der Waals surface area contributed by atoms with Gasteiger partial charge in [0.15, 0.2) is 0 Å². The van der Waals surface area contributed by atoms with Gasteiger partial charge in [0.25, 0.3) is 0 Å². The summed E-state index contributed by atoms with van der Waals surface area (Å²) < 4.78 is 6.37. The third-order valence-electron chi connectivity index (χ3n) is 5.00. The van der Waals surface area contributed by atoms with E-state index in [0.717, 1.165) is 34.9 Å². The highest BCUT2D eigenvalue weighted by Crippen LogP contribution is 2.42. The Labute approximate surface area is 165 Å². The molecule has 0 spiro atoms. The van der Waals surface area contributed by atoms with Gasteiger partial charge in [0.1, 0.15) is 11.9 Å². The van der Waals surface area contributed by atoms with E-state index < -0.39 is 0 Å². The Bertz CT molecular complexity index is 942. The number of hydrogen-bond acceptors (Lipinski definition) is 3. The summed E-state index contributed by atoms with van der Waals surface area (Å²) in [4.78, 5) is 0. The summed E-state index contributed by atoms with van der Waals surface area (Å²) in [6.07, 6.45) is 1.02. The van der Waals surface area contributed by atoms with Crippen molar-refractivity contribution in [3.63, 3.8) is 0 Å². The van der Waals surface area contributed by atoms with Gasteiger partial charge in [-0.3, -0.25) is 5.43 Å². The van der Waals surface area contributed by atoms with Gasteiger partial charge in [-0.1, -0.05) is 54.1 Å². The quantitative estimate of drug-likeness (QED) is 0.629. The molecule has 27 heavy (non-hydrogen) atoms. The van der Waals surface area contributed by atoms with E-state index in [-0.39, 0.29) is 6.10 Å². The molecule has 1 unspecified atom stereocenters. The van der Waals surface area contributed by atoms with Gasteiger partial charge >= 0.3 is 0 Å². The van der Waals surface area contributed by atoms with Gasteiger partial charge < -0.3 is 4.74 Å². The molecule has 3 aromatic carbocycles. The number of nitrogens with one attached hydrogen (secondary N) is 1. The predicted molar refractivity (Wildman–Crippen MR) is 112 cm³/mol. The second kappa shape index (κ2) is 7.73. The van der Waals surface area contributed by atoms with Crippen LogP contribution >= 0.6 is 11.6 Å². The summed E-state index contributed by atoms with van der Waals surface area (Å²) in [7, 11) is 3.95. The van der Waals surface area contributed by atoms with Crippen molar-refractivity contribution in [2.24, 2.45) is 0 Å². The number of hydrogen-bond donors (Lipinski definition) is 1. The highest BCUT2D eigenvalue weighted by molar-refractivity contribution is 6.30. The lowest BCUT2D eigenvalue weighted by molar-refractivity contribution is 0.143. The molecule has 4 heteroatoms. The number of benzene rings is 3. The van der Waals surface area contributed by atoms with Crippen LogP contribution in [0.2, 0.25) is 5.02 Å². The Hall–Kier alpha value is -2.33. The molecule has 1 aliphatic rings. The van der Waals surface area contributed by atoms with E-state index in [1.807, 2.05) is 43.4 Å². The molecule has 1 heterocycles. The van der Waals surface area contributed by atoms with E-state index in [1.54, 1.807) is 0 Å². The number of rotatable bonds is 5. The first-order valence-corrected chi connectivity index (χ1v) is 9.55. The molecule has 1 aliphatic heterocycles. The number of ether oxygens (including phenoxy) is 1. The van der Waals surface area contributed by atoms with Gasteiger partial charge in [-0.25, -0.2) is 5.01 Å². The van der Waals surface area contributed by atoms with Crippen molar-refractivity contribution in [3.05, 3.63) is 77.3 Å². The molecule has 0 amide bonds. The van der Waals surface area contributed by atoms with Crippen molar-refractivity contribution in [2.45, 2.75) is 12.5 Å². The van der Waals surface area contributed by atoms with Gasteiger partial charge in [0, 0.05) is 24.1 Å². The highest BCUT2D eigenvalue weighted by atomic mass is 35.5. The molecule has 3 nitrogen and oxygen atoms in total. The molecule has 1 atom stereocenters. The second-order valence-electron chi connectivity index (χ2n) is 6.94. The zero-order chi connectivity index (χ0) is 18.8. The van der Waals surface area contributed by atoms with E-state index in [2.05, 4.69) is 47.9 Å². The zero-order valence-electron chi connectivity index (χ0n) is 15.6. The largest absolute Gasteiger partial charge is 0.488 e. The first-order chi connectivity index (χ1) is 13.1. The van der Waals surface area contributed by atoms with Gasteiger partial charge in [0.05, 0.1) is 6.54 Å². The summed E-state index contributed by atoms with van der Waals surface area (Å²) >= 11 is 6.26. The molecule has 138 valence electrons. The average molecular weight is 379 g/mol. The summed E-state index contributed by atoms with van der Waals surface area (Å²) in [5, 5.41) is 2.78. The number of hydrazine groups is 1. The summed E-state index contributed by atoms with van der Waals surface area (Å²) in [6.45, 7) is 0.820. The summed E-state index contributed by atoms with van der Waals surface area (Å²) in [5.74, 6) is 0.978. The monoisotopic (exact) mass is 378 g/mol. The van der Waals surface area contributed by atoms with E-state index in [0.29, 0.717) is 0 Å². The van der Waals surface area contributed by atoms with Gasteiger partial charge in [0.2, 0.25) is 0 Å². The molecule has 4 rings (SSSR count). The number of halogens is 1. The molecule has 0 bridgehead atoms. The van der Waals surface area contributed by atoms with Crippen molar-refractivity contribution >= 4 is 11.6 Å². The Kier molecular flexibility index (Phi) is 5.17. The summed E-state index contributed by atoms with van der Waals surface area (Å²) in [6, 6.07) is 22.9. The highest BCUT2D eigenvalue weighted by Gasteiger charge is 2.27. The molecular weight excluding hydrogens is 356 g/mol. The van der Waals surface area contributed by atoms with Crippen LogP contribution in [0.3, 0.4) is 0 Å². The van der Waals surface area contributed by atoms with E-state index in [9.17, 15) is 0 Å². The SMILES string of the molecule is CNN(C)CC1Cc2cc(-c3ccccc3)cc(-c3cccc(Cl)c3)c2O1. The Morgan fingerprint density at radius 2 is 1.78 bits per heavy atom. The number of fused-ring (bicyclic) bond motifs is 1. The van der Waals surface area contributed by atoms with E-state index in [4.69, 9.17) is 16.3 Å². The standard InChI is InChI=1S/C23H23ClN2O/c1-25-26(2)15-21-13-19-11-18(16-7-4-3-5-8-16)14-22(23(19)27-21)17-9-6-10-20(24)12-17/h3-12,14,21,25H,13,15H2,1-2H3. The van der Waals surface area contributed by atoms with Crippen molar-refractivity contribution in [3.8, 4) is 28.0 Å². The van der Waals surface area contributed by atoms with Crippen LogP contribution < -0.4 is 10.2 Å². The first kappa shape index (κ1) is 18.1. The minimum absolute atomic E-state index is 0.126. The molecule has 0 saturated heterocycles. The third kappa shape index (κ3) is 3.86. The van der Waals surface area contributed by atoms with Gasteiger partial charge in [-0.2, -0.15) is 0 Å². The van der Waals surface area contributed by atoms with E-state index >= 15 is 0 Å². The topological polar surface area (TPSA) is 24.5 Å². The van der Waals surface area contributed by atoms with Crippen LogP contribution in [0, 0.1) is 0 Å². The molecule has 3 aromatic rings. The van der Waals surface area contributed by atoms with Crippen LogP contribution in [0.25, 0.3) is 22.3 Å². The zero-order valence-corrected chi connectivity index (χ0v) is 16.3. The van der Waals surface area contributed by atoms with Crippen LogP contribution in [-0.2, 0) is 6.42 Å². The molecule has 0 fully saturated rings. The molecule has 0 aromatic heterocycles. The normalized spacial score (nSPS) is 15.6. The van der Waals surface area contributed by atoms with Gasteiger partial charge in [-0.15, -0.1) is 0 Å². The predicted octanol–water partition coefficient (Wildman–Crippen LogP) is 5.04. The average Bonchev–Trinajstić information content (AvgIpc) is 3.10. The third-order valence-corrected chi connectivity index (χ3v) is 5.24. The lowest BCUT2D eigenvalue weighted by Crippen LogP contribution is -2.39. The van der Waals surface area contributed by atoms with E-state index in [1.165, 1.54) is 16.7 Å². The Morgan fingerprint density at radius 3 is 2.52 bits per heavy atom. The lowest BCUT2D eigenvalue weighted by Gasteiger charge is -2.20. The minimum atomic E-state index is 0.126. The lowest BCUT2D eigenvalue weighted by atomic mass is 9.94. The molecule has 0 saturated carbocycles. The number of likely N-dealkylation sites (N-methyl/N-ethyl adjacent to an activating group) is 1. The Balaban J connectivity index is 1.79. The number of nitrogens with zero attached hydrogens (tertiary/aromatic N) is 1. The van der Waals surface area contributed by atoms with Crippen molar-refractivity contribution in [1.29, 1.82) is 0 Å². The van der Waals surface area contributed by atoms with Crippen molar-refractivity contribution < 1.29 is 4.74 Å². The fraction of sp³-hybridized carbons (Fsp3) is 0.217. The minimum Gasteiger partial charge on any atom is -0.488 e. The maximum atomic E-state index is 6.37. The molecule has 0 radical (unpaired) electrons. The maximum Gasteiger partial charge on any atom is 0.131 e. The maximum absolute atomic E-state index is 6.37. The van der Waals surface area contributed by atoms with Crippen LogP contribution in [0.15, 0.2) is 66.7 Å². The van der Waals surface area contributed by atoms with Crippen molar-refractivity contribution in [2.75, 3.05) is 20.6 Å².